The Morgan fingerprint density at radius 2 is 1.37 bits per heavy atom. The molecule has 1 unspecified atom stereocenters. The number of anilines is 3. The van der Waals surface area contributed by atoms with E-state index >= 15 is 0 Å². The van der Waals surface area contributed by atoms with Crippen LogP contribution in [0.5, 0.6) is 11.6 Å². The third kappa shape index (κ3) is 2.65. The number of fused-ring (bicyclic) bond motifs is 8. The molecule has 0 saturated carbocycles. The van der Waals surface area contributed by atoms with E-state index in [-0.39, 0.29) is 5.41 Å². The largest absolute Gasteiger partial charge is 0.404 e. The molecule has 7 aromatic rings. The summed E-state index contributed by atoms with van der Waals surface area (Å²) < 4.78 is 14.9. The number of rotatable bonds is 2. The predicted octanol–water partition coefficient (Wildman–Crippen LogP) is 9.73. The molecule has 5 aliphatic rings. The Morgan fingerprint density at radius 3 is 2.18 bits per heavy atom. The van der Waals surface area contributed by atoms with Gasteiger partial charge in [-0.15, -0.1) is 9.13 Å². The van der Waals surface area contributed by atoms with Crippen molar-refractivity contribution >= 4 is 39.0 Å². The first-order valence-corrected chi connectivity index (χ1v) is 17.8. The Morgan fingerprint density at radius 1 is 0.653 bits per heavy atom. The minimum Gasteiger partial charge on any atom is -0.404 e. The maximum Gasteiger partial charge on any atom is 0.378 e. The highest BCUT2D eigenvalue weighted by Gasteiger charge is 2.73. The first-order valence-electron chi connectivity index (χ1n) is 17.8. The SMILES string of the molecule is CC(C)c1cc2[n+]3c(c1)-c1cc(C(C)C)cc4[n+]1C31c3c(cccc3-n3c5ccccc5c5cc6c(c1c53)N4c1ccccc1C6(C)C)O2. The molecule has 0 N–H and O–H groups in total. The van der Waals surface area contributed by atoms with Gasteiger partial charge in [0.2, 0.25) is 5.69 Å². The summed E-state index contributed by atoms with van der Waals surface area (Å²) in [7, 11) is 0. The number of hydrogen-bond acceptors (Lipinski definition) is 2. The third-order valence-electron chi connectivity index (χ3n) is 12.4. The molecule has 1 atom stereocenters. The molecule has 0 radical (unpaired) electrons. The molecule has 0 fully saturated rings. The van der Waals surface area contributed by atoms with E-state index in [0.29, 0.717) is 11.8 Å². The summed E-state index contributed by atoms with van der Waals surface area (Å²) in [6.45, 7) is 14.1. The van der Waals surface area contributed by atoms with Gasteiger partial charge >= 0.3 is 11.5 Å². The van der Waals surface area contributed by atoms with Crippen LogP contribution in [0.4, 0.5) is 17.2 Å². The van der Waals surface area contributed by atoms with Gasteiger partial charge in [0, 0.05) is 39.4 Å². The summed E-state index contributed by atoms with van der Waals surface area (Å²) in [6, 6.07) is 37.0. The number of aromatic nitrogens is 3. The van der Waals surface area contributed by atoms with Crippen molar-refractivity contribution in [3.8, 4) is 28.7 Å². The summed E-state index contributed by atoms with van der Waals surface area (Å²) in [5, 5.41) is 2.60. The van der Waals surface area contributed by atoms with Gasteiger partial charge in [0.25, 0.3) is 11.5 Å². The summed E-state index contributed by atoms with van der Waals surface area (Å²) in [6.07, 6.45) is 0. The van der Waals surface area contributed by atoms with Crippen LogP contribution in [-0.4, -0.2) is 4.57 Å². The molecule has 5 aliphatic heterocycles. The molecule has 5 heteroatoms. The van der Waals surface area contributed by atoms with E-state index in [9.17, 15) is 0 Å². The lowest BCUT2D eigenvalue weighted by atomic mass is 9.69. The molecule has 8 heterocycles. The lowest BCUT2D eigenvalue weighted by Crippen LogP contribution is -2.75. The molecule has 0 saturated heterocycles. The molecule has 1 spiro atoms. The van der Waals surface area contributed by atoms with E-state index < -0.39 is 5.66 Å². The number of nitrogens with zero attached hydrogens (tertiary/aromatic N) is 4. The van der Waals surface area contributed by atoms with Crippen molar-refractivity contribution in [2.24, 2.45) is 0 Å². The maximum atomic E-state index is 7.09. The van der Waals surface area contributed by atoms with Crippen LogP contribution in [0.15, 0.2) is 97.1 Å². The van der Waals surface area contributed by atoms with Crippen LogP contribution < -0.4 is 18.8 Å². The molecular weight excluding hydrogens is 601 g/mol. The second-order valence-electron chi connectivity index (χ2n) is 15.8. The second-order valence-corrected chi connectivity index (χ2v) is 15.8. The number of para-hydroxylation sites is 2. The molecule has 236 valence electrons. The summed E-state index contributed by atoms with van der Waals surface area (Å²) in [5.74, 6) is 3.77. The number of pyridine rings is 2. The highest BCUT2D eigenvalue weighted by Crippen LogP contribution is 2.64. The first-order chi connectivity index (χ1) is 23.7. The lowest BCUT2D eigenvalue weighted by Gasteiger charge is -2.45. The molecule has 49 heavy (non-hydrogen) atoms. The van der Waals surface area contributed by atoms with Crippen LogP contribution in [0.3, 0.4) is 0 Å². The predicted molar refractivity (Wildman–Crippen MR) is 193 cm³/mol. The van der Waals surface area contributed by atoms with Gasteiger partial charge in [-0.25, -0.2) is 0 Å². The summed E-state index contributed by atoms with van der Waals surface area (Å²) in [5.41, 5.74) is 15.8. The van der Waals surface area contributed by atoms with Crippen LogP contribution in [0.1, 0.15) is 86.8 Å². The van der Waals surface area contributed by atoms with E-state index in [4.69, 9.17) is 4.74 Å². The third-order valence-corrected chi connectivity index (χ3v) is 12.4. The van der Waals surface area contributed by atoms with Gasteiger partial charge < -0.3 is 9.30 Å². The molecule has 4 aromatic carbocycles. The Bertz CT molecular complexity index is 2750. The smallest absolute Gasteiger partial charge is 0.378 e. The van der Waals surface area contributed by atoms with E-state index in [1.165, 1.54) is 89.5 Å². The Balaban J connectivity index is 1.43. The second kappa shape index (κ2) is 8.06. The van der Waals surface area contributed by atoms with Crippen LogP contribution >= 0.6 is 0 Å². The number of benzene rings is 4. The van der Waals surface area contributed by atoms with E-state index in [1.807, 2.05) is 0 Å². The van der Waals surface area contributed by atoms with Crippen LogP contribution in [-0.2, 0) is 11.1 Å². The molecule has 12 rings (SSSR count). The molecule has 0 bridgehead atoms. The molecule has 0 amide bonds. The van der Waals surface area contributed by atoms with Crippen molar-refractivity contribution in [3.63, 3.8) is 0 Å². The van der Waals surface area contributed by atoms with Gasteiger partial charge in [-0.05, 0) is 59.4 Å². The quantitative estimate of drug-likeness (QED) is 0.177. The van der Waals surface area contributed by atoms with Crippen molar-refractivity contribution in [1.29, 1.82) is 0 Å². The summed E-state index contributed by atoms with van der Waals surface area (Å²) >= 11 is 0. The number of ether oxygens (including phenoxy) is 1. The van der Waals surface area contributed by atoms with Gasteiger partial charge in [0.05, 0.1) is 22.8 Å². The van der Waals surface area contributed by atoms with Crippen molar-refractivity contribution in [3.05, 3.63) is 130 Å². The molecule has 0 aliphatic carbocycles. The topological polar surface area (TPSA) is 25.2 Å². The lowest BCUT2D eigenvalue weighted by molar-refractivity contribution is -0.936. The fourth-order valence-corrected chi connectivity index (χ4v) is 10.2. The number of hydrogen-bond donors (Lipinski definition) is 0. The standard InChI is InChI=1S/C44H36N4O/c1-23(2)25-18-34-35-19-26(24(3)4)21-38-48(35)44-39-33(16-11-17-36(39)49-38)45-31-14-9-7-12-27(31)28-22-30-42(40(44)41(28)45)46(37(20-25)47(34)44)32-15-10-8-13-29(32)43(30,5)6/h7-24H,1-6H3/q+2. The average molecular weight is 637 g/mol. The fourth-order valence-electron chi connectivity index (χ4n) is 10.2. The first kappa shape index (κ1) is 26.5. The van der Waals surface area contributed by atoms with Crippen molar-refractivity contribution in [2.45, 2.75) is 64.5 Å². The van der Waals surface area contributed by atoms with E-state index in [2.05, 4.69) is 157 Å². The van der Waals surface area contributed by atoms with E-state index in [1.54, 1.807) is 0 Å². The van der Waals surface area contributed by atoms with Gasteiger partial charge in [0.1, 0.15) is 16.8 Å². The van der Waals surface area contributed by atoms with E-state index in [0.717, 1.165) is 11.6 Å². The van der Waals surface area contributed by atoms with Crippen LogP contribution in [0, 0.1) is 0 Å². The van der Waals surface area contributed by atoms with Gasteiger partial charge in [-0.1, -0.05) is 84.0 Å². The van der Waals surface area contributed by atoms with Crippen molar-refractivity contribution in [2.75, 3.05) is 4.90 Å². The minimum atomic E-state index is -0.669. The monoisotopic (exact) mass is 636 g/mol. The Hall–Kier alpha value is -5.42. The zero-order chi connectivity index (χ0) is 32.9. The van der Waals surface area contributed by atoms with Gasteiger partial charge in [-0.2, -0.15) is 4.90 Å². The Kier molecular flexibility index (Phi) is 4.36. The highest BCUT2D eigenvalue weighted by atomic mass is 16.5. The Labute approximate surface area is 285 Å². The fraction of sp³-hybridized carbons (Fsp3) is 0.227. The van der Waals surface area contributed by atoms with Crippen molar-refractivity contribution < 1.29 is 13.9 Å². The normalized spacial score (nSPS) is 18.7. The van der Waals surface area contributed by atoms with Crippen molar-refractivity contribution in [1.82, 2.24) is 4.57 Å². The molecule has 3 aromatic heterocycles. The maximum absolute atomic E-state index is 7.09. The molecule has 5 nitrogen and oxygen atoms in total. The average Bonchev–Trinajstić information content (AvgIpc) is 3.59. The highest BCUT2D eigenvalue weighted by molar-refractivity contribution is 6.15. The zero-order valence-corrected chi connectivity index (χ0v) is 28.6. The minimum absolute atomic E-state index is 0.227. The molecular formula is C44H36N4O+2. The van der Waals surface area contributed by atoms with Gasteiger partial charge in [-0.3, -0.25) is 0 Å². The summed E-state index contributed by atoms with van der Waals surface area (Å²) in [4.78, 5) is 2.62. The van der Waals surface area contributed by atoms with Gasteiger partial charge in [0.15, 0.2) is 11.4 Å². The van der Waals surface area contributed by atoms with Crippen LogP contribution in [0.2, 0.25) is 0 Å². The zero-order valence-electron chi connectivity index (χ0n) is 28.6. The van der Waals surface area contributed by atoms with Crippen LogP contribution in [0.25, 0.3) is 38.9 Å².